The zero-order valence-corrected chi connectivity index (χ0v) is 6.61. The van der Waals surface area contributed by atoms with Crippen LogP contribution in [0.25, 0.3) is 0 Å². The van der Waals surface area contributed by atoms with Crippen LogP contribution in [0.15, 0.2) is 0 Å². The normalized spacial score (nSPS) is 14.9. The van der Waals surface area contributed by atoms with E-state index in [4.69, 9.17) is 5.26 Å². The maximum absolute atomic E-state index is 12.4. The Morgan fingerprint density at radius 1 is 1.21 bits per heavy atom. The average Bonchev–Trinajstić information content (AvgIpc) is 2.02. The van der Waals surface area contributed by atoms with Crippen molar-refractivity contribution >= 4 is 0 Å². The fraction of sp³-hybridized carbons (Fsp3) is 0.833. The molecule has 2 nitrogen and oxygen atoms in total. The van der Waals surface area contributed by atoms with Crippen molar-refractivity contribution in [3.8, 4) is 6.07 Å². The van der Waals surface area contributed by atoms with Gasteiger partial charge in [-0.05, 0) is 0 Å². The Balaban J connectivity index is 4.27. The highest BCUT2D eigenvalue weighted by molar-refractivity contribution is 4.88. The third kappa shape index (κ3) is 4.32. The van der Waals surface area contributed by atoms with Crippen molar-refractivity contribution in [2.24, 2.45) is 5.92 Å². The van der Waals surface area contributed by atoms with Crippen molar-refractivity contribution in [2.75, 3.05) is 13.3 Å². The monoisotopic (exact) mass is 221 g/mol. The number of hydrogen-bond donors (Lipinski definition) is 0. The first-order valence-electron chi connectivity index (χ1n) is 3.27. The summed E-state index contributed by atoms with van der Waals surface area (Å²) in [5.74, 6) is -2.52. The summed E-state index contributed by atoms with van der Waals surface area (Å²) < 4.78 is 74.0. The van der Waals surface area contributed by atoms with Crippen LogP contribution in [0.2, 0.25) is 0 Å². The molecule has 0 aromatic rings. The van der Waals surface area contributed by atoms with Crippen molar-refractivity contribution in [1.29, 1.82) is 5.26 Å². The summed E-state index contributed by atoms with van der Waals surface area (Å²) in [5, 5.41) is 7.96. The maximum atomic E-state index is 12.4. The molecule has 0 aromatic carbocycles. The molecule has 0 saturated carbocycles. The predicted molar refractivity (Wildman–Crippen MR) is 32.0 cm³/mol. The van der Waals surface area contributed by atoms with Crippen LogP contribution < -0.4 is 0 Å². The van der Waals surface area contributed by atoms with Gasteiger partial charge in [0.15, 0.2) is 5.92 Å². The Labute approximate surface area is 75.1 Å². The molecule has 8 heteroatoms. The minimum Gasteiger partial charge on any atom is -0.310 e. The van der Waals surface area contributed by atoms with E-state index in [-0.39, 0.29) is 0 Å². The van der Waals surface area contributed by atoms with Crippen LogP contribution in [0, 0.1) is 17.2 Å². The van der Waals surface area contributed by atoms with Crippen LogP contribution in [0.1, 0.15) is 0 Å². The lowest BCUT2D eigenvalue weighted by atomic mass is 10.2. The molecule has 0 aromatic heterocycles. The molecule has 0 rings (SSSR count). The standard InChI is InChI=1S/C6H5F6NO/c7-1-4(2-13)6(11,12)14-3-5(8,9)10/h4H,1,3H2. The van der Waals surface area contributed by atoms with Gasteiger partial charge in [-0.15, -0.1) is 0 Å². The molecule has 0 amide bonds. The summed E-state index contributed by atoms with van der Waals surface area (Å²) in [5.41, 5.74) is 0. The topological polar surface area (TPSA) is 33.0 Å². The summed E-state index contributed by atoms with van der Waals surface area (Å²) in [6, 6.07) is 0.811. The van der Waals surface area contributed by atoms with Crippen LogP contribution in [0.3, 0.4) is 0 Å². The molecule has 0 N–H and O–H groups in total. The van der Waals surface area contributed by atoms with Gasteiger partial charge in [0.2, 0.25) is 0 Å². The number of ether oxygens (including phenoxy) is 1. The molecule has 0 aliphatic carbocycles. The molecular formula is C6H5F6NO. The summed E-state index contributed by atoms with van der Waals surface area (Å²) in [6.45, 7) is -4.00. The highest BCUT2D eigenvalue weighted by Gasteiger charge is 2.44. The molecule has 0 fully saturated rings. The number of nitriles is 1. The van der Waals surface area contributed by atoms with Crippen molar-refractivity contribution in [2.45, 2.75) is 12.3 Å². The lowest BCUT2D eigenvalue weighted by Gasteiger charge is -2.20. The molecule has 0 spiro atoms. The van der Waals surface area contributed by atoms with Crippen LogP contribution >= 0.6 is 0 Å². The lowest BCUT2D eigenvalue weighted by molar-refractivity contribution is -0.304. The van der Waals surface area contributed by atoms with Crippen molar-refractivity contribution < 1.29 is 31.1 Å². The van der Waals surface area contributed by atoms with E-state index in [0.29, 0.717) is 0 Å². The fourth-order valence-corrected chi connectivity index (χ4v) is 0.478. The second-order valence-corrected chi connectivity index (χ2v) is 2.30. The highest BCUT2D eigenvalue weighted by atomic mass is 19.4. The zero-order valence-electron chi connectivity index (χ0n) is 6.61. The number of hydrogen-bond acceptors (Lipinski definition) is 2. The lowest BCUT2D eigenvalue weighted by Crippen LogP contribution is -2.35. The van der Waals surface area contributed by atoms with Gasteiger partial charge in [-0.1, -0.05) is 0 Å². The average molecular weight is 221 g/mol. The van der Waals surface area contributed by atoms with E-state index in [1.807, 2.05) is 0 Å². The Bertz CT molecular complexity index is 219. The van der Waals surface area contributed by atoms with E-state index in [1.165, 1.54) is 0 Å². The third-order valence-corrected chi connectivity index (χ3v) is 1.14. The molecule has 1 unspecified atom stereocenters. The smallest absolute Gasteiger partial charge is 0.310 e. The van der Waals surface area contributed by atoms with E-state index in [0.717, 1.165) is 6.07 Å². The molecule has 0 bridgehead atoms. The molecule has 0 radical (unpaired) electrons. The van der Waals surface area contributed by atoms with Gasteiger partial charge < -0.3 is 4.74 Å². The van der Waals surface area contributed by atoms with Gasteiger partial charge in [0.25, 0.3) is 0 Å². The quantitative estimate of drug-likeness (QED) is 0.682. The molecule has 0 aliphatic heterocycles. The SMILES string of the molecule is N#CC(CF)C(F)(F)OCC(F)(F)F. The molecule has 82 valence electrons. The Kier molecular flexibility index (Phi) is 4.19. The summed E-state index contributed by atoms with van der Waals surface area (Å²) >= 11 is 0. The Morgan fingerprint density at radius 3 is 2.00 bits per heavy atom. The van der Waals surface area contributed by atoms with E-state index in [2.05, 4.69) is 4.74 Å². The maximum Gasteiger partial charge on any atom is 0.412 e. The second kappa shape index (κ2) is 4.50. The number of rotatable bonds is 4. The largest absolute Gasteiger partial charge is 0.412 e. The molecule has 14 heavy (non-hydrogen) atoms. The van der Waals surface area contributed by atoms with Crippen LogP contribution in [0.5, 0.6) is 0 Å². The Hall–Kier alpha value is -0.970. The number of nitrogens with zero attached hydrogens (tertiary/aromatic N) is 1. The van der Waals surface area contributed by atoms with Gasteiger partial charge in [-0.3, -0.25) is 0 Å². The first kappa shape index (κ1) is 13.0. The molecular weight excluding hydrogens is 216 g/mol. The highest BCUT2D eigenvalue weighted by Crippen LogP contribution is 2.28. The van der Waals surface area contributed by atoms with Crippen LogP contribution in [-0.2, 0) is 4.74 Å². The van der Waals surface area contributed by atoms with Crippen LogP contribution in [-0.4, -0.2) is 25.6 Å². The van der Waals surface area contributed by atoms with E-state index < -0.39 is 31.5 Å². The first-order valence-corrected chi connectivity index (χ1v) is 3.27. The fourth-order valence-electron chi connectivity index (χ4n) is 0.478. The second-order valence-electron chi connectivity index (χ2n) is 2.30. The van der Waals surface area contributed by atoms with Gasteiger partial charge in [-0.25, -0.2) is 4.39 Å². The van der Waals surface area contributed by atoms with Crippen molar-refractivity contribution in [3.63, 3.8) is 0 Å². The minimum absolute atomic E-state index is 0.811. The summed E-state index contributed by atoms with van der Waals surface area (Å²) in [4.78, 5) is 0. The van der Waals surface area contributed by atoms with Gasteiger partial charge in [-0.2, -0.15) is 27.2 Å². The van der Waals surface area contributed by atoms with Gasteiger partial charge in [0.05, 0.1) is 6.07 Å². The zero-order chi connectivity index (χ0) is 11.4. The van der Waals surface area contributed by atoms with Crippen LogP contribution in [0.4, 0.5) is 26.3 Å². The van der Waals surface area contributed by atoms with Gasteiger partial charge in [0, 0.05) is 0 Å². The van der Waals surface area contributed by atoms with E-state index >= 15 is 0 Å². The molecule has 1 atom stereocenters. The molecule has 0 saturated heterocycles. The van der Waals surface area contributed by atoms with E-state index in [9.17, 15) is 26.3 Å². The van der Waals surface area contributed by atoms with Gasteiger partial charge >= 0.3 is 12.3 Å². The van der Waals surface area contributed by atoms with Gasteiger partial charge in [0.1, 0.15) is 13.3 Å². The third-order valence-electron chi connectivity index (χ3n) is 1.14. The van der Waals surface area contributed by atoms with E-state index in [1.54, 1.807) is 0 Å². The summed E-state index contributed by atoms with van der Waals surface area (Å²) in [6.07, 6.45) is -9.38. The molecule has 0 aliphatic rings. The van der Waals surface area contributed by atoms with Crippen molar-refractivity contribution in [1.82, 2.24) is 0 Å². The minimum atomic E-state index is -4.94. The molecule has 0 heterocycles. The van der Waals surface area contributed by atoms with Crippen molar-refractivity contribution in [3.05, 3.63) is 0 Å². The first-order chi connectivity index (χ1) is 6.23. The predicted octanol–water partition coefficient (Wildman–Crippen LogP) is 2.27. The number of alkyl halides is 6. The Morgan fingerprint density at radius 2 is 1.71 bits per heavy atom. The summed E-state index contributed by atoms with van der Waals surface area (Å²) in [7, 11) is 0. The number of halogens is 6.